The summed E-state index contributed by atoms with van der Waals surface area (Å²) in [7, 11) is 0. The van der Waals surface area contributed by atoms with Gasteiger partial charge in [-0.05, 0) is 12.1 Å². The molecule has 0 aromatic heterocycles. The summed E-state index contributed by atoms with van der Waals surface area (Å²) in [5.74, 6) is -0.995. The Labute approximate surface area is 151 Å². The zero-order valence-electron chi connectivity index (χ0n) is 14.4. The van der Waals surface area contributed by atoms with Crippen molar-refractivity contribution < 1.29 is 23.9 Å². The highest BCUT2D eigenvalue weighted by Crippen LogP contribution is 2.19. The summed E-state index contributed by atoms with van der Waals surface area (Å²) in [5.41, 5.74) is 0.837. The number of likely N-dealkylation sites (tertiary alicyclic amines) is 1. The van der Waals surface area contributed by atoms with E-state index in [4.69, 9.17) is 4.74 Å². The second kappa shape index (κ2) is 8.09. The Morgan fingerprint density at radius 3 is 2.38 bits per heavy atom. The molecule has 138 valence electrons. The van der Waals surface area contributed by atoms with Gasteiger partial charge in [-0.15, -0.1) is 0 Å². The van der Waals surface area contributed by atoms with E-state index in [0.717, 1.165) is 4.90 Å². The lowest BCUT2D eigenvalue weighted by atomic mass is 10.1. The maximum absolute atomic E-state index is 12.7. The third-order valence-corrected chi connectivity index (χ3v) is 4.45. The third kappa shape index (κ3) is 4.08. The van der Waals surface area contributed by atoms with Gasteiger partial charge in [0.25, 0.3) is 5.91 Å². The number of hydrogen-bond donors (Lipinski definition) is 1. The Hall–Kier alpha value is -2.74. The van der Waals surface area contributed by atoms with Crippen LogP contribution >= 0.6 is 0 Å². The SMILES string of the molecule is O=C(CCN1C(=O)CCC1=O)Nc1ccccc1C(=O)N1CCOCC1. The second-order valence-electron chi connectivity index (χ2n) is 6.19. The smallest absolute Gasteiger partial charge is 0.256 e. The van der Waals surface area contributed by atoms with Gasteiger partial charge in [0, 0.05) is 38.9 Å². The van der Waals surface area contributed by atoms with Crippen LogP contribution in [0, 0.1) is 0 Å². The van der Waals surface area contributed by atoms with Gasteiger partial charge < -0.3 is 15.0 Å². The Morgan fingerprint density at radius 2 is 1.69 bits per heavy atom. The quantitative estimate of drug-likeness (QED) is 0.778. The van der Waals surface area contributed by atoms with Crippen LogP contribution in [-0.2, 0) is 19.1 Å². The molecule has 0 saturated carbocycles. The summed E-state index contributed by atoms with van der Waals surface area (Å²) in [4.78, 5) is 50.9. The third-order valence-electron chi connectivity index (χ3n) is 4.45. The molecular formula is C18H21N3O5. The molecule has 2 heterocycles. The molecular weight excluding hydrogens is 338 g/mol. The van der Waals surface area contributed by atoms with Gasteiger partial charge in [0.05, 0.1) is 24.5 Å². The molecule has 8 heteroatoms. The predicted molar refractivity (Wildman–Crippen MR) is 92.4 cm³/mol. The van der Waals surface area contributed by atoms with Crippen LogP contribution in [0.2, 0.25) is 0 Å². The highest BCUT2D eigenvalue weighted by molar-refractivity contribution is 6.05. The number of nitrogens with one attached hydrogen (secondary N) is 1. The minimum atomic E-state index is -0.347. The number of imide groups is 1. The molecule has 0 unspecified atom stereocenters. The molecule has 3 rings (SSSR count). The summed E-state index contributed by atoms with van der Waals surface area (Å²) in [5, 5.41) is 2.72. The maximum Gasteiger partial charge on any atom is 0.256 e. The highest BCUT2D eigenvalue weighted by atomic mass is 16.5. The predicted octanol–water partition coefficient (Wildman–Crippen LogP) is 0.637. The van der Waals surface area contributed by atoms with Crippen molar-refractivity contribution in [3.05, 3.63) is 29.8 Å². The molecule has 1 aromatic carbocycles. The molecule has 1 N–H and O–H groups in total. The summed E-state index contributed by atoms with van der Waals surface area (Å²) in [6.07, 6.45) is 0.409. The normalized spacial score (nSPS) is 17.5. The van der Waals surface area contributed by atoms with E-state index in [1.807, 2.05) is 0 Å². The molecule has 2 aliphatic heterocycles. The van der Waals surface area contributed by atoms with Gasteiger partial charge in [0.15, 0.2) is 0 Å². The van der Waals surface area contributed by atoms with Crippen molar-refractivity contribution in [3.8, 4) is 0 Å². The van der Waals surface area contributed by atoms with Crippen molar-refractivity contribution in [1.82, 2.24) is 9.80 Å². The molecule has 26 heavy (non-hydrogen) atoms. The number of amides is 4. The molecule has 4 amide bonds. The van der Waals surface area contributed by atoms with E-state index >= 15 is 0 Å². The molecule has 0 atom stereocenters. The van der Waals surface area contributed by atoms with Crippen LogP contribution in [0.5, 0.6) is 0 Å². The van der Waals surface area contributed by atoms with E-state index in [9.17, 15) is 19.2 Å². The van der Waals surface area contributed by atoms with E-state index in [2.05, 4.69) is 5.32 Å². The Balaban J connectivity index is 1.62. The number of para-hydroxylation sites is 1. The van der Waals surface area contributed by atoms with Gasteiger partial charge in [-0.3, -0.25) is 24.1 Å². The topological polar surface area (TPSA) is 96.0 Å². The lowest BCUT2D eigenvalue weighted by Gasteiger charge is -2.27. The van der Waals surface area contributed by atoms with Crippen LogP contribution in [0.4, 0.5) is 5.69 Å². The summed E-state index contributed by atoms with van der Waals surface area (Å²) < 4.78 is 5.26. The van der Waals surface area contributed by atoms with Gasteiger partial charge in [0.2, 0.25) is 17.7 Å². The molecule has 2 fully saturated rings. The highest BCUT2D eigenvalue weighted by Gasteiger charge is 2.29. The summed E-state index contributed by atoms with van der Waals surface area (Å²) in [6, 6.07) is 6.81. The van der Waals surface area contributed by atoms with Crippen LogP contribution in [0.1, 0.15) is 29.6 Å². The van der Waals surface area contributed by atoms with E-state index in [1.165, 1.54) is 0 Å². The maximum atomic E-state index is 12.7. The first-order valence-corrected chi connectivity index (χ1v) is 8.65. The Kier molecular flexibility index (Phi) is 5.62. The largest absolute Gasteiger partial charge is 0.378 e. The molecule has 0 bridgehead atoms. The lowest BCUT2D eigenvalue weighted by molar-refractivity contribution is -0.138. The number of ether oxygens (including phenoxy) is 1. The molecule has 2 aliphatic rings. The molecule has 1 aromatic rings. The van der Waals surface area contributed by atoms with Crippen LogP contribution < -0.4 is 5.32 Å². The number of carbonyl (C=O) groups is 4. The molecule has 0 radical (unpaired) electrons. The van der Waals surface area contributed by atoms with Crippen molar-refractivity contribution >= 4 is 29.3 Å². The number of nitrogens with zero attached hydrogens (tertiary/aromatic N) is 2. The van der Waals surface area contributed by atoms with Crippen LogP contribution in [0.15, 0.2) is 24.3 Å². The van der Waals surface area contributed by atoms with Crippen molar-refractivity contribution in [1.29, 1.82) is 0 Å². The number of rotatable bonds is 5. The lowest BCUT2D eigenvalue weighted by Crippen LogP contribution is -2.41. The van der Waals surface area contributed by atoms with Crippen molar-refractivity contribution in [2.24, 2.45) is 0 Å². The van der Waals surface area contributed by atoms with E-state index < -0.39 is 0 Å². The number of morpholine rings is 1. The monoisotopic (exact) mass is 359 g/mol. The summed E-state index contributed by atoms with van der Waals surface area (Å²) >= 11 is 0. The molecule has 8 nitrogen and oxygen atoms in total. The van der Waals surface area contributed by atoms with Crippen molar-refractivity contribution in [2.75, 3.05) is 38.2 Å². The van der Waals surface area contributed by atoms with E-state index in [-0.39, 0.29) is 49.4 Å². The fraction of sp³-hybridized carbons (Fsp3) is 0.444. The first-order chi connectivity index (χ1) is 12.6. The molecule has 0 aliphatic carbocycles. The van der Waals surface area contributed by atoms with Crippen LogP contribution in [0.25, 0.3) is 0 Å². The second-order valence-corrected chi connectivity index (χ2v) is 6.19. The fourth-order valence-corrected chi connectivity index (χ4v) is 3.01. The van der Waals surface area contributed by atoms with Gasteiger partial charge in [-0.1, -0.05) is 12.1 Å². The van der Waals surface area contributed by atoms with E-state index in [0.29, 0.717) is 37.6 Å². The Bertz CT molecular complexity index is 711. The van der Waals surface area contributed by atoms with Crippen LogP contribution in [-0.4, -0.2) is 66.3 Å². The Morgan fingerprint density at radius 1 is 1.04 bits per heavy atom. The standard InChI is InChI=1S/C18H21N3O5/c22-15(7-8-21-16(23)5-6-17(21)24)19-14-4-2-1-3-13(14)18(25)20-9-11-26-12-10-20/h1-4H,5-12H2,(H,19,22). The average molecular weight is 359 g/mol. The molecule has 0 spiro atoms. The molecule has 2 saturated heterocycles. The number of hydrogen-bond acceptors (Lipinski definition) is 5. The fourth-order valence-electron chi connectivity index (χ4n) is 3.01. The zero-order valence-corrected chi connectivity index (χ0v) is 14.4. The zero-order chi connectivity index (χ0) is 18.5. The minimum Gasteiger partial charge on any atom is -0.378 e. The van der Waals surface area contributed by atoms with Gasteiger partial charge in [0.1, 0.15) is 0 Å². The van der Waals surface area contributed by atoms with E-state index in [1.54, 1.807) is 29.2 Å². The number of benzene rings is 1. The van der Waals surface area contributed by atoms with Crippen LogP contribution in [0.3, 0.4) is 0 Å². The average Bonchev–Trinajstić information content (AvgIpc) is 2.98. The summed E-state index contributed by atoms with van der Waals surface area (Å²) in [6.45, 7) is 2.08. The number of anilines is 1. The van der Waals surface area contributed by atoms with Gasteiger partial charge in [-0.25, -0.2) is 0 Å². The van der Waals surface area contributed by atoms with Gasteiger partial charge >= 0.3 is 0 Å². The minimum absolute atomic E-state index is 0.00242. The number of carbonyl (C=O) groups excluding carboxylic acids is 4. The van der Waals surface area contributed by atoms with Crippen molar-refractivity contribution in [3.63, 3.8) is 0 Å². The first-order valence-electron chi connectivity index (χ1n) is 8.65. The van der Waals surface area contributed by atoms with Crippen molar-refractivity contribution in [2.45, 2.75) is 19.3 Å². The first kappa shape index (κ1) is 18.1. The van der Waals surface area contributed by atoms with Gasteiger partial charge in [-0.2, -0.15) is 0 Å².